The van der Waals surface area contributed by atoms with E-state index in [1.165, 1.54) is 0 Å². The molecule has 1 heterocycles. The molecule has 0 atom stereocenters. The van der Waals surface area contributed by atoms with E-state index in [0.29, 0.717) is 36.7 Å². The highest BCUT2D eigenvalue weighted by Gasteiger charge is 2.19. The molecule has 1 aromatic heterocycles. The van der Waals surface area contributed by atoms with Crippen molar-refractivity contribution >= 4 is 17.7 Å². The summed E-state index contributed by atoms with van der Waals surface area (Å²) in [6, 6.07) is 10.3. The first-order valence-electron chi connectivity index (χ1n) is 8.69. The fraction of sp³-hybridized carbons (Fsp3) is 0.400. The van der Waals surface area contributed by atoms with E-state index in [2.05, 4.69) is 5.32 Å². The van der Waals surface area contributed by atoms with Crippen molar-refractivity contribution in [3.63, 3.8) is 0 Å². The molecule has 2 rings (SSSR count). The van der Waals surface area contributed by atoms with Crippen molar-refractivity contribution in [1.29, 1.82) is 0 Å². The van der Waals surface area contributed by atoms with Crippen LogP contribution in [-0.4, -0.2) is 42.8 Å². The number of anilines is 1. The van der Waals surface area contributed by atoms with Crippen LogP contribution >= 0.6 is 0 Å². The third-order valence-electron chi connectivity index (χ3n) is 3.53. The summed E-state index contributed by atoms with van der Waals surface area (Å²) in [5.74, 6) is 0.499. The molecule has 0 aliphatic rings. The standard InChI is InChI=1S/C20H26N2O5/c1-20(2,3)27-19(24)21-16-8-5-7-15(13-16)18(23)22(10-12-25-4)14-17-9-6-11-26-17/h5-9,11,13H,10,12,14H2,1-4H3,(H,21,24). The monoisotopic (exact) mass is 374 g/mol. The number of rotatable bonds is 7. The van der Waals surface area contributed by atoms with Crippen LogP contribution in [0, 0.1) is 0 Å². The number of nitrogens with zero attached hydrogens (tertiary/aromatic N) is 1. The van der Waals surface area contributed by atoms with E-state index >= 15 is 0 Å². The maximum atomic E-state index is 12.9. The molecule has 27 heavy (non-hydrogen) atoms. The predicted octanol–water partition coefficient (Wildman–Crippen LogP) is 3.92. The van der Waals surface area contributed by atoms with Gasteiger partial charge in [-0.2, -0.15) is 0 Å². The van der Waals surface area contributed by atoms with Gasteiger partial charge in [0, 0.05) is 24.9 Å². The Morgan fingerprint density at radius 2 is 1.96 bits per heavy atom. The van der Waals surface area contributed by atoms with Gasteiger partial charge in [-0.3, -0.25) is 10.1 Å². The smallest absolute Gasteiger partial charge is 0.412 e. The first-order valence-corrected chi connectivity index (χ1v) is 8.69. The molecular weight excluding hydrogens is 348 g/mol. The quantitative estimate of drug-likeness (QED) is 0.794. The van der Waals surface area contributed by atoms with Crippen LogP contribution in [0.15, 0.2) is 47.1 Å². The third-order valence-corrected chi connectivity index (χ3v) is 3.53. The lowest BCUT2D eigenvalue weighted by molar-refractivity contribution is 0.0632. The number of carbonyl (C=O) groups is 2. The van der Waals surface area contributed by atoms with E-state index in [9.17, 15) is 9.59 Å². The molecular formula is C20H26N2O5. The second kappa shape index (κ2) is 9.23. The van der Waals surface area contributed by atoms with Gasteiger partial charge in [0.2, 0.25) is 0 Å². The Bertz CT molecular complexity index is 750. The van der Waals surface area contributed by atoms with Gasteiger partial charge >= 0.3 is 6.09 Å². The van der Waals surface area contributed by atoms with E-state index in [-0.39, 0.29) is 5.91 Å². The van der Waals surface area contributed by atoms with Gasteiger partial charge in [-0.05, 0) is 51.1 Å². The molecule has 0 spiro atoms. The molecule has 0 aliphatic carbocycles. The molecule has 1 aromatic carbocycles. The van der Waals surface area contributed by atoms with E-state index in [1.807, 2.05) is 6.07 Å². The molecule has 0 radical (unpaired) electrons. The van der Waals surface area contributed by atoms with Crippen LogP contribution in [0.2, 0.25) is 0 Å². The minimum atomic E-state index is -0.600. The lowest BCUT2D eigenvalue weighted by Gasteiger charge is -2.22. The summed E-state index contributed by atoms with van der Waals surface area (Å²) < 4.78 is 15.7. The zero-order valence-electron chi connectivity index (χ0n) is 16.2. The number of methoxy groups -OCH3 is 1. The highest BCUT2D eigenvalue weighted by molar-refractivity contribution is 5.96. The van der Waals surface area contributed by atoms with E-state index in [1.54, 1.807) is 69.4 Å². The van der Waals surface area contributed by atoms with Crippen molar-refractivity contribution in [2.24, 2.45) is 0 Å². The van der Waals surface area contributed by atoms with Crippen LogP contribution in [0.4, 0.5) is 10.5 Å². The van der Waals surface area contributed by atoms with Crippen LogP contribution in [0.25, 0.3) is 0 Å². The van der Waals surface area contributed by atoms with Crippen molar-refractivity contribution in [3.05, 3.63) is 54.0 Å². The molecule has 0 unspecified atom stereocenters. The van der Waals surface area contributed by atoms with Crippen LogP contribution in [0.5, 0.6) is 0 Å². The maximum absolute atomic E-state index is 12.9. The Morgan fingerprint density at radius 1 is 1.19 bits per heavy atom. The van der Waals surface area contributed by atoms with E-state index in [0.717, 1.165) is 0 Å². The molecule has 2 amide bonds. The molecule has 146 valence electrons. The fourth-order valence-corrected chi connectivity index (χ4v) is 2.38. The second-order valence-corrected chi connectivity index (χ2v) is 7.01. The Kier molecular flexibility index (Phi) is 7.01. The normalized spacial score (nSPS) is 11.1. The topological polar surface area (TPSA) is 81.0 Å². The lowest BCUT2D eigenvalue weighted by atomic mass is 10.1. The molecule has 2 aromatic rings. The Labute approximate surface area is 159 Å². The summed E-state index contributed by atoms with van der Waals surface area (Å²) in [5, 5.41) is 2.65. The second-order valence-electron chi connectivity index (χ2n) is 7.01. The summed E-state index contributed by atoms with van der Waals surface area (Å²) in [4.78, 5) is 26.5. The van der Waals surface area contributed by atoms with Crippen molar-refractivity contribution in [1.82, 2.24) is 4.90 Å². The van der Waals surface area contributed by atoms with Crippen molar-refractivity contribution in [2.75, 3.05) is 25.6 Å². The highest BCUT2D eigenvalue weighted by Crippen LogP contribution is 2.16. The zero-order chi connectivity index (χ0) is 19.9. The van der Waals surface area contributed by atoms with Crippen LogP contribution < -0.4 is 5.32 Å². The van der Waals surface area contributed by atoms with Gasteiger partial charge in [0.25, 0.3) is 5.91 Å². The summed E-state index contributed by atoms with van der Waals surface area (Å²) >= 11 is 0. The van der Waals surface area contributed by atoms with Gasteiger partial charge in [-0.1, -0.05) is 6.07 Å². The van der Waals surface area contributed by atoms with Crippen LogP contribution in [0.3, 0.4) is 0 Å². The first kappa shape index (κ1) is 20.5. The molecule has 0 saturated carbocycles. The third kappa shape index (κ3) is 6.79. The number of furan rings is 1. The Hall–Kier alpha value is -2.80. The minimum absolute atomic E-state index is 0.184. The zero-order valence-corrected chi connectivity index (χ0v) is 16.2. The summed E-state index contributed by atoms with van der Waals surface area (Å²) in [6.45, 7) is 6.51. The number of benzene rings is 1. The van der Waals surface area contributed by atoms with E-state index in [4.69, 9.17) is 13.9 Å². The maximum Gasteiger partial charge on any atom is 0.412 e. The van der Waals surface area contributed by atoms with Gasteiger partial charge in [-0.25, -0.2) is 4.79 Å². The summed E-state index contributed by atoms with van der Waals surface area (Å²) in [7, 11) is 1.58. The molecule has 7 heteroatoms. The average Bonchev–Trinajstić information content (AvgIpc) is 3.09. The molecule has 0 bridgehead atoms. The number of hydrogen-bond donors (Lipinski definition) is 1. The van der Waals surface area contributed by atoms with Gasteiger partial charge in [0.15, 0.2) is 0 Å². The molecule has 7 nitrogen and oxygen atoms in total. The van der Waals surface area contributed by atoms with Crippen molar-refractivity contribution in [2.45, 2.75) is 32.9 Å². The Morgan fingerprint density at radius 3 is 2.59 bits per heavy atom. The molecule has 1 N–H and O–H groups in total. The van der Waals surface area contributed by atoms with Crippen LogP contribution in [-0.2, 0) is 16.0 Å². The Balaban J connectivity index is 2.11. The van der Waals surface area contributed by atoms with Crippen LogP contribution in [0.1, 0.15) is 36.9 Å². The number of hydrogen-bond acceptors (Lipinski definition) is 5. The number of nitrogens with one attached hydrogen (secondary N) is 1. The van der Waals surface area contributed by atoms with Gasteiger partial charge in [0.1, 0.15) is 11.4 Å². The number of amides is 2. The minimum Gasteiger partial charge on any atom is -0.467 e. The van der Waals surface area contributed by atoms with Gasteiger partial charge < -0.3 is 18.8 Å². The largest absolute Gasteiger partial charge is 0.467 e. The van der Waals surface area contributed by atoms with Gasteiger partial charge in [0.05, 0.1) is 19.4 Å². The summed E-state index contributed by atoms with van der Waals surface area (Å²) in [5.41, 5.74) is 0.336. The summed E-state index contributed by atoms with van der Waals surface area (Å²) in [6.07, 6.45) is 0.999. The first-order chi connectivity index (χ1) is 12.8. The van der Waals surface area contributed by atoms with E-state index < -0.39 is 11.7 Å². The average molecular weight is 374 g/mol. The SMILES string of the molecule is COCCN(Cc1ccco1)C(=O)c1cccc(NC(=O)OC(C)(C)C)c1. The molecule has 0 aliphatic heterocycles. The molecule has 0 saturated heterocycles. The molecule has 0 fully saturated rings. The fourth-order valence-electron chi connectivity index (χ4n) is 2.38. The van der Waals surface area contributed by atoms with Crippen molar-refractivity contribution in [3.8, 4) is 0 Å². The number of ether oxygens (including phenoxy) is 2. The highest BCUT2D eigenvalue weighted by atomic mass is 16.6. The lowest BCUT2D eigenvalue weighted by Crippen LogP contribution is -2.33. The number of carbonyl (C=O) groups excluding carboxylic acids is 2. The predicted molar refractivity (Wildman–Crippen MR) is 102 cm³/mol. The van der Waals surface area contributed by atoms with Gasteiger partial charge in [-0.15, -0.1) is 0 Å². The van der Waals surface area contributed by atoms with Crippen molar-refractivity contribution < 1.29 is 23.5 Å².